The first-order valence-corrected chi connectivity index (χ1v) is 9.05. The molecule has 1 aliphatic heterocycles. The van der Waals surface area contributed by atoms with Crippen LogP contribution in [0.1, 0.15) is 37.1 Å². The van der Waals surface area contributed by atoms with E-state index in [1.165, 1.54) is 0 Å². The lowest BCUT2D eigenvalue weighted by Crippen LogP contribution is -2.44. The highest BCUT2D eigenvalue weighted by atomic mass is 79.9. The van der Waals surface area contributed by atoms with Gasteiger partial charge in [-0.15, -0.1) is 0 Å². The molecule has 1 aliphatic rings. The minimum atomic E-state index is -3.50. The summed E-state index contributed by atoms with van der Waals surface area (Å²) in [5.41, 5.74) is 0.445. The van der Waals surface area contributed by atoms with Gasteiger partial charge in [-0.25, -0.2) is 8.42 Å². The van der Waals surface area contributed by atoms with Gasteiger partial charge in [0.15, 0.2) is 5.76 Å². The van der Waals surface area contributed by atoms with Gasteiger partial charge in [-0.05, 0) is 33.1 Å². The predicted molar refractivity (Wildman–Crippen MR) is 75.9 cm³/mol. The Bertz CT molecular complexity index is 520. The molecule has 0 amide bonds. The van der Waals surface area contributed by atoms with E-state index in [9.17, 15) is 8.42 Å². The molecule has 0 spiro atoms. The third-order valence-corrected chi connectivity index (χ3v) is 6.20. The zero-order valence-electron chi connectivity index (χ0n) is 11.2. The van der Waals surface area contributed by atoms with E-state index < -0.39 is 10.0 Å². The summed E-state index contributed by atoms with van der Waals surface area (Å²) in [4.78, 5) is 0.244. The van der Waals surface area contributed by atoms with Gasteiger partial charge in [-0.1, -0.05) is 27.5 Å². The standard InChI is InChI=1S/C12H19BrN2O3S/c1-9-12(10(2)18-14-9)19(16,17)15-8-4-3-5-11(15)6-7-13/h11H,3-8H2,1-2H3. The molecule has 2 heterocycles. The topological polar surface area (TPSA) is 63.4 Å². The summed E-state index contributed by atoms with van der Waals surface area (Å²) in [6.45, 7) is 3.91. The average molecular weight is 351 g/mol. The lowest BCUT2D eigenvalue weighted by atomic mass is 10.0. The summed E-state index contributed by atoms with van der Waals surface area (Å²) in [5, 5.41) is 4.57. The number of rotatable bonds is 4. The molecule has 5 nitrogen and oxygen atoms in total. The van der Waals surface area contributed by atoms with E-state index in [0.717, 1.165) is 31.0 Å². The Morgan fingerprint density at radius 2 is 2.16 bits per heavy atom. The number of halogens is 1. The largest absolute Gasteiger partial charge is 0.360 e. The lowest BCUT2D eigenvalue weighted by molar-refractivity contribution is 0.248. The molecule has 7 heteroatoms. The van der Waals surface area contributed by atoms with Crippen molar-refractivity contribution in [1.29, 1.82) is 0 Å². The fraction of sp³-hybridized carbons (Fsp3) is 0.750. The van der Waals surface area contributed by atoms with Crippen molar-refractivity contribution in [2.75, 3.05) is 11.9 Å². The van der Waals surface area contributed by atoms with Crippen LogP contribution in [0.3, 0.4) is 0 Å². The Hall–Kier alpha value is -0.400. The van der Waals surface area contributed by atoms with E-state index in [4.69, 9.17) is 4.52 Å². The van der Waals surface area contributed by atoms with Crippen molar-refractivity contribution in [3.63, 3.8) is 0 Å². The van der Waals surface area contributed by atoms with Crippen molar-refractivity contribution in [3.8, 4) is 0 Å². The van der Waals surface area contributed by atoms with Crippen molar-refractivity contribution in [2.45, 2.75) is 50.5 Å². The van der Waals surface area contributed by atoms with E-state index in [0.29, 0.717) is 18.0 Å². The zero-order chi connectivity index (χ0) is 14.0. The van der Waals surface area contributed by atoms with Crippen LogP contribution in [0.4, 0.5) is 0 Å². The quantitative estimate of drug-likeness (QED) is 0.783. The van der Waals surface area contributed by atoms with Gasteiger partial charge in [0.1, 0.15) is 10.6 Å². The second kappa shape index (κ2) is 5.93. The van der Waals surface area contributed by atoms with Gasteiger partial charge < -0.3 is 4.52 Å². The van der Waals surface area contributed by atoms with Crippen LogP contribution in [-0.2, 0) is 10.0 Å². The molecule has 1 fully saturated rings. The molecule has 1 aromatic rings. The number of nitrogens with zero attached hydrogens (tertiary/aromatic N) is 2. The SMILES string of the molecule is Cc1noc(C)c1S(=O)(=O)N1CCCCC1CCBr. The van der Waals surface area contributed by atoms with Crippen LogP contribution in [-0.4, -0.2) is 35.8 Å². The monoisotopic (exact) mass is 350 g/mol. The predicted octanol–water partition coefficient (Wildman–Crippen LogP) is 2.62. The van der Waals surface area contributed by atoms with Crippen LogP contribution in [0.25, 0.3) is 0 Å². The Balaban J connectivity index is 2.37. The highest BCUT2D eigenvalue weighted by Crippen LogP contribution is 2.30. The second-order valence-electron chi connectivity index (χ2n) is 4.90. The summed E-state index contributed by atoms with van der Waals surface area (Å²) >= 11 is 3.40. The number of sulfonamides is 1. The Kier molecular flexibility index (Phi) is 4.68. The van der Waals surface area contributed by atoms with E-state index >= 15 is 0 Å². The normalized spacial score (nSPS) is 21.7. The molecule has 1 unspecified atom stereocenters. The van der Waals surface area contributed by atoms with E-state index in [1.807, 2.05) is 0 Å². The van der Waals surface area contributed by atoms with Gasteiger partial charge in [0.25, 0.3) is 0 Å². The maximum absolute atomic E-state index is 12.8. The smallest absolute Gasteiger partial charge is 0.248 e. The van der Waals surface area contributed by atoms with Crippen molar-refractivity contribution in [2.24, 2.45) is 0 Å². The number of hydrogen-bond donors (Lipinski definition) is 0. The van der Waals surface area contributed by atoms with Crippen LogP contribution in [0.15, 0.2) is 9.42 Å². The van der Waals surface area contributed by atoms with Crippen LogP contribution in [0, 0.1) is 13.8 Å². The van der Waals surface area contributed by atoms with Crippen molar-refractivity contribution in [3.05, 3.63) is 11.5 Å². The fourth-order valence-electron chi connectivity index (χ4n) is 2.67. The van der Waals surface area contributed by atoms with E-state index in [1.54, 1.807) is 18.2 Å². The third-order valence-electron chi connectivity index (χ3n) is 3.55. The molecule has 19 heavy (non-hydrogen) atoms. The van der Waals surface area contributed by atoms with Crippen LogP contribution in [0.2, 0.25) is 0 Å². The van der Waals surface area contributed by atoms with Gasteiger partial charge in [0.2, 0.25) is 10.0 Å². The van der Waals surface area contributed by atoms with Gasteiger partial charge in [0.05, 0.1) is 0 Å². The minimum Gasteiger partial charge on any atom is -0.360 e. The van der Waals surface area contributed by atoms with Crippen molar-refractivity contribution in [1.82, 2.24) is 9.46 Å². The summed E-state index contributed by atoms with van der Waals surface area (Å²) in [6, 6.07) is 0.0758. The Labute approximate surface area is 122 Å². The summed E-state index contributed by atoms with van der Waals surface area (Å²) in [7, 11) is -3.50. The molecule has 0 radical (unpaired) electrons. The number of alkyl halides is 1. The zero-order valence-corrected chi connectivity index (χ0v) is 13.6. The molecule has 1 aromatic heterocycles. The van der Waals surface area contributed by atoms with Crippen LogP contribution < -0.4 is 0 Å². The first-order valence-electron chi connectivity index (χ1n) is 6.49. The Morgan fingerprint density at radius 3 is 2.74 bits per heavy atom. The molecule has 1 atom stereocenters. The Morgan fingerprint density at radius 1 is 1.42 bits per heavy atom. The van der Waals surface area contributed by atoms with Gasteiger partial charge in [0, 0.05) is 17.9 Å². The van der Waals surface area contributed by atoms with Crippen molar-refractivity contribution >= 4 is 26.0 Å². The molecule has 0 bridgehead atoms. The van der Waals surface area contributed by atoms with E-state index in [-0.39, 0.29) is 10.9 Å². The van der Waals surface area contributed by atoms with Crippen molar-refractivity contribution < 1.29 is 12.9 Å². The number of aromatic nitrogens is 1. The maximum atomic E-state index is 12.8. The molecule has 2 rings (SSSR count). The fourth-order valence-corrected chi connectivity index (χ4v) is 5.21. The first-order chi connectivity index (χ1) is 8.98. The minimum absolute atomic E-state index is 0.0758. The molecule has 0 saturated carbocycles. The van der Waals surface area contributed by atoms with Gasteiger partial charge in [-0.3, -0.25) is 0 Å². The molecule has 0 aliphatic carbocycles. The highest BCUT2D eigenvalue weighted by Gasteiger charge is 2.36. The molecule has 1 saturated heterocycles. The van der Waals surface area contributed by atoms with Crippen LogP contribution in [0.5, 0.6) is 0 Å². The van der Waals surface area contributed by atoms with Gasteiger partial charge in [-0.2, -0.15) is 4.31 Å². The lowest BCUT2D eigenvalue weighted by Gasteiger charge is -2.34. The average Bonchev–Trinajstić information content (AvgIpc) is 2.70. The molecule has 0 aromatic carbocycles. The highest BCUT2D eigenvalue weighted by molar-refractivity contribution is 9.09. The summed E-state index contributed by atoms with van der Waals surface area (Å²) in [6.07, 6.45) is 3.77. The molecule has 108 valence electrons. The first kappa shape index (κ1) is 15.0. The number of piperidine rings is 1. The van der Waals surface area contributed by atoms with Gasteiger partial charge >= 0.3 is 0 Å². The van der Waals surface area contributed by atoms with E-state index in [2.05, 4.69) is 21.1 Å². The third kappa shape index (κ3) is 2.87. The van der Waals surface area contributed by atoms with Crippen LogP contribution >= 0.6 is 15.9 Å². The molecule has 0 N–H and O–H groups in total. The molecular formula is C12H19BrN2O3S. The second-order valence-corrected chi connectivity index (χ2v) is 7.52. The number of aryl methyl sites for hydroxylation is 2. The molecular weight excluding hydrogens is 332 g/mol. The number of hydrogen-bond acceptors (Lipinski definition) is 4. The summed E-state index contributed by atoms with van der Waals surface area (Å²) < 4.78 is 32.2. The summed E-state index contributed by atoms with van der Waals surface area (Å²) in [5.74, 6) is 0.376. The maximum Gasteiger partial charge on any atom is 0.248 e.